The van der Waals surface area contributed by atoms with Crippen LogP contribution < -0.4 is 0 Å². The molecule has 0 bridgehead atoms. The molecule has 6 aliphatic rings. The van der Waals surface area contributed by atoms with Gasteiger partial charge >= 0.3 is 0 Å². The van der Waals surface area contributed by atoms with Crippen molar-refractivity contribution in [2.24, 2.45) is 52.3 Å². The highest BCUT2D eigenvalue weighted by atomic mass is 16.7. The summed E-state index contributed by atoms with van der Waals surface area (Å²) in [6.45, 7) is 10.4. The molecule has 0 radical (unpaired) electrons. The summed E-state index contributed by atoms with van der Waals surface area (Å²) in [6.07, 6.45) is 9.21. The van der Waals surface area contributed by atoms with Crippen molar-refractivity contribution in [3.63, 3.8) is 0 Å². The quantitative estimate of drug-likeness (QED) is 0.589. The van der Waals surface area contributed by atoms with Crippen LogP contribution >= 0.6 is 0 Å². The molecule has 0 aromatic heterocycles. The van der Waals surface area contributed by atoms with E-state index in [1.165, 1.54) is 19.3 Å². The molecule has 4 nitrogen and oxygen atoms in total. The van der Waals surface area contributed by atoms with Crippen molar-refractivity contribution in [2.75, 3.05) is 6.61 Å². The van der Waals surface area contributed by atoms with E-state index in [4.69, 9.17) is 9.47 Å². The molecule has 174 valence electrons. The van der Waals surface area contributed by atoms with E-state index in [0.717, 1.165) is 38.7 Å². The zero-order chi connectivity index (χ0) is 21.8. The summed E-state index contributed by atoms with van der Waals surface area (Å²) in [4.78, 5) is 13.3. The number of aliphatic hydroxyl groups is 1. The summed E-state index contributed by atoms with van der Waals surface area (Å²) in [5.74, 6) is 3.53. The van der Waals surface area contributed by atoms with Gasteiger partial charge in [0.1, 0.15) is 5.78 Å². The molecule has 2 heterocycles. The molecular weight excluding hydrogens is 388 g/mol. The Labute approximate surface area is 187 Å². The van der Waals surface area contributed by atoms with Gasteiger partial charge in [-0.3, -0.25) is 4.79 Å². The van der Waals surface area contributed by atoms with Gasteiger partial charge in [0.05, 0.1) is 18.8 Å². The minimum absolute atomic E-state index is 0.0823. The van der Waals surface area contributed by atoms with Gasteiger partial charge in [0.25, 0.3) is 0 Å². The summed E-state index contributed by atoms with van der Waals surface area (Å²) in [7, 11) is 0. The van der Waals surface area contributed by atoms with E-state index in [1.54, 1.807) is 0 Å². The molecule has 1 unspecified atom stereocenters. The molecule has 4 aliphatic carbocycles. The zero-order valence-corrected chi connectivity index (χ0v) is 19.9. The van der Waals surface area contributed by atoms with E-state index >= 15 is 0 Å². The van der Waals surface area contributed by atoms with Crippen LogP contribution in [0.4, 0.5) is 0 Å². The van der Waals surface area contributed by atoms with Crippen molar-refractivity contribution >= 4 is 5.78 Å². The summed E-state index contributed by atoms with van der Waals surface area (Å²) in [6, 6.07) is 0. The maximum atomic E-state index is 13.3. The van der Waals surface area contributed by atoms with Gasteiger partial charge < -0.3 is 14.6 Å². The highest BCUT2D eigenvalue weighted by Crippen LogP contribution is 2.71. The SMILES string of the molecule is C[C@@H]1CC[C@@]2(OC1)O[C@H]1C[C@H]3C4CC(=O)[C@H]5C[C@@H](O)CC[C@]5(C)[C@H]4CC[C@]3(C)[C@H]1[C@@H]2C. The number of rotatable bonds is 0. The van der Waals surface area contributed by atoms with E-state index in [9.17, 15) is 9.90 Å². The highest BCUT2D eigenvalue weighted by Gasteiger charge is 2.69. The molecule has 0 aromatic rings. The summed E-state index contributed by atoms with van der Waals surface area (Å²) < 4.78 is 13.3. The number of Topliss-reactive ketones (excluding diaryl/α,β-unsaturated/α-hetero) is 1. The monoisotopic (exact) mass is 430 g/mol. The maximum Gasteiger partial charge on any atom is 0.171 e. The molecule has 31 heavy (non-hydrogen) atoms. The second kappa shape index (κ2) is 6.79. The summed E-state index contributed by atoms with van der Waals surface area (Å²) in [5.41, 5.74) is 0.355. The number of aliphatic hydroxyl groups excluding tert-OH is 1. The van der Waals surface area contributed by atoms with Crippen molar-refractivity contribution < 1.29 is 19.4 Å². The number of carbonyl (C=O) groups excluding carboxylic acids is 1. The Hall–Kier alpha value is -0.450. The maximum absolute atomic E-state index is 13.3. The van der Waals surface area contributed by atoms with Crippen LogP contribution in [-0.2, 0) is 14.3 Å². The molecule has 1 N–H and O–H groups in total. The largest absolute Gasteiger partial charge is 0.393 e. The van der Waals surface area contributed by atoms with E-state index in [-0.39, 0.29) is 28.6 Å². The Morgan fingerprint density at radius 3 is 2.48 bits per heavy atom. The normalized spacial score (nSPS) is 60.9. The van der Waals surface area contributed by atoms with Crippen LogP contribution in [-0.4, -0.2) is 35.5 Å². The van der Waals surface area contributed by atoms with Crippen LogP contribution in [0.3, 0.4) is 0 Å². The lowest BCUT2D eigenvalue weighted by atomic mass is 9.44. The van der Waals surface area contributed by atoms with Crippen molar-refractivity contribution in [3.8, 4) is 0 Å². The van der Waals surface area contributed by atoms with Gasteiger partial charge in [0, 0.05) is 24.7 Å². The lowest BCUT2D eigenvalue weighted by Gasteiger charge is -2.60. The first-order chi connectivity index (χ1) is 14.7. The summed E-state index contributed by atoms with van der Waals surface area (Å²) >= 11 is 0. The minimum atomic E-state index is -0.356. The molecule has 2 saturated heterocycles. The predicted octanol–water partition coefficient (Wildman–Crippen LogP) is 4.97. The van der Waals surface area contributed by atoms with Crippen LogP contribution in [0.1, 0.15) is 85.5 Å². The number of ketones is 1. The Kier molecular flexibility index (Phi) is 4.62. The van der Waals surface area contributed by atoms with Gasteiger partial charge in [0.2, 0.25) is 0 Å². The second-order valence-electron chi connectivity index (χ2n) is 13.1. The number of hydrogen-bond acceptors (Lipinski definition) is 4. The Morgan fingerprint density at radius 1 is 0.968 bits per heavy atom. The number of ether oxygens (including phenoxy) is 2. The van der Waals surface area contributed by atoms with Gasteiger partial charge in [-0.25, -0.2) is 0 Å². The molecule has 6 rings (SSSR count). The van der Waals surface area contributed by atoms with Crippen LogP contribution in [0.2, 0.25) is 0 Å². The molecule has 0 amide bonds. The first-order valence-electron chi connectivity index (χ1n) is 13.2. The van der Waals surface area contributed by atoms with Gasteiger partial charge in [0.15, 0.2) is 5.79 Å². The minimum Gasteiger partial charge on any atom is -0.393 e. The molecule has 1 spiro atoms. The first-order valence-corrected chi connectivity index (χ1v) is 13.2. The molecule has 6 fully saturated rings. The van der Waals surface area contributed by atoms with Gasteiger partial charge in [-0.15, -0.1) is 0 Å². The summed E-state index contributed by atoms with van der Waals surface area (Å²) in [5, 5.41) is 10.3. The van der Waals surface area contributed by atoms with Crippen molar-refractivity contribution in [3.05, 3.63) is 0 Å². The smallest absolute Gasteiger partial charge is 0.171 e. The fourth-order valence-electron chi connectivity index (χ4n) is 10.0. The van der Waals surface area contributed by atoms with Crippen LogP contribution in [0.25, 0.3) is 0 Å². The van der Waals surface area contributed by atoms with Crippen LogP contribution in [0, 0.1) is 52.3 Å². The van der Waals surface area contributed by atoms with Gasteiger partial charge in [-0.05, 0) is 85.4 Å². The van der Waals surface area contributed by atoms with Crippen LogP contribution in [0.5, 0.6) is 0 Å². The lowest BCUT2D eigenvalue weighted by Crippen LogP contribution is -2.57. The number of carbonyl (C=O) groups is 1. The average Bonchev–Trinajstić information content (AvgIpc) is 3.17. The Balaban J connectivity index is 1.28. The Morgan fingerprint density at radius 2 is 1.74 bits per heavy atom. The first kappa shape index (κ1) is 21.1. The third-order valence-electron chi connectivity index (χ3n) is 11.7. The van der Waals surface area contributed by atoms with Gasteiger partial charge in [-0.2, -0.15) is 0 Å². The lowest BCUT2D eigenvalue weighted by molar-refractivity contribution is -0.273. The molecule has 4 heteroatoms. The zero-order valence-electron chi connectivity index (χ0n) is 19.9. The van der Waals surface area contributed by atoms with Gasteiger partial charge in [-0.1, -0.05) is 27.7 Å². The predicted molar refractivity (Wildman–Crippen MR) is 118 cm³/mol. The van der Waals surface area contributed by atoms with E-state index in [0.29, 0.717) is 53.8 Å². The van der Waals surface area contributed by atoms with E-state index in [1.807, 2.05) is 0 Å². The highest BCUT2D eigenvalue weighted by molar-refractivity contribution is 5.83. The third-order valence-corrected chi connectivity index (χ3v) is 11.7. The van der Waals surface area contributed by atoms with Crippen molar-refractivity contribution in [1.82, 2.24) is 0 Å². The standard InChI is InChI=1S/C27H42O4/c1-15-5-10-27(30-14-15)16(2)24-23(31-27)13-20-18-12-22(29)21-11-17(28)6-8-25(21,3)19(18)7-9-26(20,24)4/h15-21,23-24,28H,5-14H2,1-4H3/t15-,16+,17+,18?,19+,20+,21-,23+,24+,25-,26+,27-/m1/s1. The van der Waals surface area contributed by atoms with Crippen molar-refractivity contribution in [1.29, 1.82) is 0 Å². The second-order valence-corrected chi connectivity index (χ2v) is 13.1. The molecule has 2 aliphatic heterocycles. The van der Waals surface area contributed by atoms with Crippen LogP contribution in [0.15, 0.2) is 0 Å². The molecule has 12 atom stereocenters. The fraction of sp³-hybridized carbons (Fsp3) is 0.963. The number of hydrogen-bond donors (Lipinski definition) is 1. The topological polar surface area (TPSA) is 55.8 Å². The number of fused-ring (bicyclic) bond motifs is 7. The van der Waals surface area contributed by atoms with Crippen molar-refractivity contribution in [2.45, 2.75) is 103 Å². The molecule has 0 aromatic carbocycles. The van der Waals surface area contributed by atoms with E-state index in [2.05, 4.69) is 27.7 Å². The Bertz CT molecular complexity index is 756. The van der Waals surface area contributed by atoms with E-state index < -0.39 is 0 Å². The average molecular weight is 431 g/mol. The third kappa shape index (κ3) is 2.74. The molecular formula is C27H42O4. The fourth-order valence-corrected chi connectivity index (χ4v) is 10.0. The molecule has 4 saturated carbocycles.